The predicted octanol–water partition coefficient (Wildman–Crippen LogP) is -0.494. The summed E-state index contributed by atoms with van der Waals surface area (Å²) in [6.07, 6.45) is -3.32. The number of alkyl halides is 3. The molecule has 12 heavy (non-hydrogen) atoms. The Kier molecular flexibility index (Phi) is 5.35. The first-order chi connectivity index (χ1) is 5.02. The normalized spacial score (nSPS) is 10.7. The number of aromatic nitrogens is 1. The molecule has 0 bridgehead atoms. The van der Waals surface area contributed by atoms with E-state index in [0.29, 0.717) is 0 Å². The molecule has 0 aliphatic rings. The third-order valence-corrected chi connectivity index (χ3v) is 1.42. The molecule has 1 nitrogen and oxygen atoms in total. The standard InChI is InChI=1S/C6H4F3NS.K.H/c7-6(8,9)5-4(11)2-1-3-10-5;;/h1-3,11H;;/q;+1;-1. The number of pyridine rings is 1. The van der Waals surface area contributed by atoms with Gasteiger partial charge in [0.05, 0.1) is 0 Å². The van der Waals surface area contributed by atoms with E-state index in [1.165, 1.54) is 12.1 Å². The molecule has 6 heteroatoms. The first-order valence-corrected chi connectivity index (χ1v) is 3.17. The van der Waals surface area contributed by atoms with Crippen LogP contribution in [0.15, 0.2) is 23.2 Å². The van der Waals surface area contributed by atoms with Crippen LogP contribution in [0.4, 0.5) is 13.2 Å². The van der Waals surface area contributed by atoms with Crippen LogP contribution in [-0.4, -0.2) is 4.98 Å². The van der Waals surface area contributed by atoms with Gasteiger partial charge in [0.2, 0.25) is 0 Å². The van der Waals surface area contributed by atoms with Crippen LogP contribution in [0.5, 0.6) is 0 Å². The van der Waals surface area contributed by atoms with Gasteiger partial charge in [0, 0.05) is 11.1 Å². The molecule has 1 aromatic rings. The van der Waals surface area contributed by atoms with E-state index in [1.807, 2.05) is 0 Å². The Bertz CT molecular complexity index is 268. The third kappa shape index (κ3) is 3.35. The van der Waals surface area contributed by atoms with Crippen LogP contribution in [0, 0.1) is 0 Å². The quantitative estimate of drug-likeness (QED) is 0.459. The van der Waals surface area contributed by atoms with Crippen molar-refractivity contribution in [2.45, 2.75) is 11.1 Å². The van der Waals surface area contributed by atoms with Crippen molar-refractivity contribution in [2.24, 2.45) is 0 Å². The Hall–Kier alpha value is 0.926. The van der Waals surface area contributed by atoms with Gasteiger partial charge in [0.15, 0.2) is 5.69 Å². The SMILES string of the molecule is FC(F)(F)c1ncccc1S.[H-].[K+]. The molecule has 0 fully saturated rings. The molecule has 0 aromatic carbocycles. The minimum absolute atomic E-state index is 0. The average Bonchev–Trinajstić information content (AvgIpc) is 1.86. The van der Waals surface area contributed by atoms with Gasteiger partial charge in [0.1, 0.15) is 0 Å². The molecule has 62 valence electrons. The molecule has 0 amide bonds. The van der Waals surface area contributed by atoms with Crippen molar-refractivity contribution >= 4 is 12.6 Å². The predicted molar refractivity (Wildman–Crippen MR) is 37.6 cm³/mol. The van der Waals surface area contributed by atoms with Gasteiger partial charge < -0.3 is 1.43 Å². The van der Waals surface area contributed by atoms with E-state index in [1.54, 1.807) is 0 Å². The molecular weight excluding hydrogens is 214 g/mol. The summed E-state index contributed by atoms with van der Waals surface area (Å²) in [5, 5.41) is 0. The molecule has 1 rings (SSSR count). The number of hydrogen-bond acceptors (Lipinski definition) is 2. The number of thiol groups is 1. The molecule has 0 atom stereocenters. The fourth-order valence-corrected chi connectivity index (χ4v) is 0.886. The van der Waals surface area contributed by atoms with Gasteiger partial charge in [-0.1, -0.05) is 0 Å². The minimum Gasteiger partial charge on any atom is -1.00 e. The van der Waals surface area contributed by atoms with Crippen molar-refractivity contribution in [1.82, 2.24) is 4.98 Å². The second-order valence-corrected chi connectivity index (χ2v) is 2.35. The molecule has 0 N–H and O–H groups in total. The largest absolute Gasteiger partial charge is 1.00 e. The fourth-order valence-electron chi connectivity index (χ4n) is 0.615. The van der Waals surface area contributed by atoms with Crippen molar-refractivity contribution in [3.63, 3.8) is 0 Å². The van der Waals surface area contributed by atoms with Crippen LogP contribution in [0.2, 0.25) is 0 Å². The summed E-state index contributed by atoms with van der Waals surface area (Å²) in [6.45, 7) is 0. The van der Waals surface area contributed by atoms with Crippen LogP contribution < -0.4 is 51.4 Å². The molecule has 0 radical (unpaired) electrons. The zero-order chi connectivity index (χ0) is 8.48. The summed E-state index contributed by atoms with van der Waals surface area (Å²) in [4.78, 5) is 3.00. The van der Waals surface area contributed by atoms with E-state index >= 15 is 0 Å². The molecule has 0 spiro atoms. The van der Waals surface area contributed by atoms with E-state index in [0.717, 1.165) is 6.20 Å². The maximum atomic E-state index is 11.9. The zero-order valence-electron chi connectivity index (χ0n) is 7.26. The molecule has 0 aliphatic carbocycles. The van der Waals surface area contributed by atoms with Crippen molar-refractivity contribution in [3.8, 4) is 0 Å². The number of nitrogens with zero attached hydrogens (tertiary/aromatic N) is 1. The van der Waals surface area contributed by atoms with E-state index in [2.05, 4.69) is 17.6 Å². The molecule has 0 saturated carbocycles. The fraction of sp³-hybridized carbons (Fsp3) is 0.167. The smallest absolute Gasteiger partial charge is 1.00 e. The van der Waals surface area contributed by atoms with Gasteiger partial charge in [0.25, 0.3) is 0 Å². The van der Waals surface area contributed by atoms with Gasteiger partial charge in [-0.2, -0.15) is 13.2 Å². The maximum absolute atomic E-state index is 11.9. The van der Waals surface area contributed by atoms with Crippen LogP contribution in [0.1, 0.15) is 7.12 Å². The van der Waals surface area contributed by atoms with Crippen molar-refractivity contribution in [2.75, 3.05) is 0 Å². The maximum Gasteiger partial charge on any atom is 1.00 e. The second-order valence-electron chi connectivity index (χ2n) is 1.87. The van der Waals surface area contributed by atoms with Crippen molar-refractivity contribution < 1.29 is 66.0 Å². The van der Waals surface area contributed by atoms with Crippen molar-refractivity contribution in [1.29, 1.82) is 0 Å². The molecule has 1 heterocycles. The van der Waals surface area contributed by atoms with E-state index in [9.17, 15) is 13.2 Å². The topological polar surface area (TPSA) is 12.9 Å². The monoisotopic (exact) mass is 219 g/mol. The first-order valence-electron chi connectivity index (χ1n) is 2.73. The van der Waals surface area contributed by atoms with E-state index < -0.39 is 11.9 Å². The number of hydrogen-bond donors (Lipinski definition) is 1. The first kappa shape index (κ1) is 12.9. The third-order valence-electron chi connectivity index (χ3n) is 1.05. The summed E-state index contributed by atoms with van der Waals surface area (Å²) < 4.78 is 35.8. The van der Waals surface area contributed by atoms with Crippen LogP contribution in [0.3, 0.4) is 0 Å². The molecule has 0 unspecified atom stereocenters. The minimum atomic E-state index is -4.40. The Morgan fingerprint density at radius 3 is 2.33 bits per heavy atom. The van der Waals surface area contributed by atoms with Crippen molar-refractivity contribution in [3.05, 3.63) is 24.0 Å². The molecule has 1 aromatic heterocycles. The van der Waals surface area contributed by atoms with Crippen LogP contribution in [-0.2, 0) is 6.18 Å². The summed E-state index contributed by atoms with van der Waals surface area (Å²) in [5.41, 5.74) is -0.941. The van der Waals surface area contributed by atoms with Crippen LogP contribution in [0.25, 0.3) is 0 Å². The van der Waals surface area contributed by atoms with Crippen LogP contribution >= 0.6 is 12.6 Å². The molecule has 0 aliphatic heterocycles. The Labute approximate surface area is 117 Å². The Morgan fingerprint density at radius 2 is 2.00 bits per heavy atom. The molecule has 0 saturated heterocycles. The Balaban J connectivity index is 0. The summed E-state index contributed by atoms with van der Waals surface area (Å²) >= 11 is 3.61. The zero-order valence-corrected chi connectivity index (χ0v) is 10.3. The van der Waals surface area contributed by atoms with Gasteiger partial charge in [-0.3, -0.25) is 4.98 Å². The van der Waals surface area contributed by atoms with Gasteiger partial charge in [-0.15, -0.1) is 12.6 Å². The molecular formula is C6H5F3KNS. The second kappa shape index (κ2) is 4.97. The summed E-state index contributed by atoms with van der Waals surface area (Å²) in [6, 6.07) is 2.65. The van der Waals surface area contributed by atoms with E-state index in [4.69, 9.17) is 0 Å². The van der Waals surface area contributed by atoms with Gasteiger partial charge in [-0.05, 0) is 12.1 Å². The Morgan fingerprint density at radius 1 is 1.42 bits per heavy atom. The van der Waals surface area contributed by atoms with Gasteiger partial charge in [-0.25, -0.2) is 0 Å². The van der Waals surface area contributed by atoms with E-state index in [-0.39, 0.29) is 57.7 Å². The average molecular weight is 219 g/mol. The summed E-state index contributed by atoms with van der Waals surface area (Å²) in [5.74, 6) is 0. The number of halogens is 3. The summed E-state index contributed by atoms with van der Waals surface area (Å²) in [7, 11) is 0. The van der Waals surface area contributed by atoms with Gasteiger partial charge >= 0.3 is 57.6 Å². The number of rotatable bonds is 0.